The number of nitriles is 1. The molecular weight excluding hydrogens is 194 g/mol. The third-order valence-corrected chi connectivity index (χ3v) is 3.31. The van der Waals surface area contributed by atoms with Crippen LogP contribution in [0.3, 0.4) is 0 Å². The van der Waals surface area contributed by atoms with Gasteiger partial charge in [-0.25, -0.2) is 4.98 Å². The maximum atomic E-state index is 8.65. The zero-order valence-electron chi connectivity index (χ0n) is 8.74. The average Bonchev–Trinajstić information content (AvgIpc) is 2.65. The molecule has 76 valence electrons. The van der Waals surface area contributed by atoms with Crippen molar-refractivity contribution in [3.63, 3.8) is 0 Å². The lowest BCUT2D eigenvalue weighted by Crippen LogP contribution is -2.27. The van der Waals surface area contributed by atoms with Crippen LogP contribution in [0.5, 0.6) is 0 Å². The first-order chi connectivity index (χ1) is 6.67. The highest BCUT2D eigenvalue weighted by atomic mass is 32.1. The summed E-state index contributed by atoms with van der Waals surface area (Å²) in [6.45, 7) is 6.00. The molecule has 0 bridgehead atoms. The monoisotopic (exact) mass is 209 g/mol. The van der Waals surface area contributed by atoms with Crippen molar-refractivity contribution in [3.05, 3.63) is 16.1 Å². The van der Waals surface area contributed by atoms with E-state index in [-0.39, 0.29) is 12.1 Å². The Morgan fingerprint density at radius 2 is 2.36 bits per heavy atom. The Kier molecular flexibility index (Phi) is 4.05. The lowest BCUT2D eigenvalue weighted by molar-refractivity contribution is 0.540. The minimum atomic E-state index is -0.126. The van der Waals surface area contributed by atoms with Gasteiger partial charge in [0, 0.05) is 11.1 Å². The minimum absolute atomic E-state index is 0.126. The number of nitrogens with one attached hydrogen (secondary N) is 1. The van der Waals surface area contributed by atoms with Crippen molar-refractivity contribution >= 4 is 11.3 Å². The Balaban J connectivity index is 2.61. The zero-order valence-corrected chi connectivity index (χ0v) is 9.56. The Morgan fingerprint density at radius 3 is 2.86 bits per heavy atom. The van der Waals surface area contributed by atoms with Crippen LogP contribution in [0.25, 0.3) is 0 Å². The summed E-state index contributed by atoms with van der Waals surface area (Å²) in [6.07, 6.45) is 2.94. The van der Waals surface area contributed by atoms with Gasteiger partial charge in [-0.2, -0.15) is 5.26 Å². The lowest BCUT2D eigenvalue weighted by Gasteiger charge is -2.11. The van der Waals surface area contributed by atoms with Gasteiger partial charge in [-0.3, -0.25) is 5.32 Å². The van der Waals surface area contributed by atoms with E-state index in [0.29, 0.717) is 0 Å². The molecule has 2 atom stereocenters. The van der Waals surface area contributed by atoms with Gasteiger partial charge >= 0.3 is 0 Å². The van der Waals surface area contributed by atoms with Gasteiger partial charge in [0.25, 0.3) is 0 Å². The highest BCUT2D eigenvalue weighted by Crippen LogP contribution is 2.20. The van der Waals surface area contributed by atoms with Crippen molar-refractivity contribution in [1.29, 1.82) is 5.26 Å². The van der Waals surface area contributed by atoms with Gasteiger partial charge in [-0.15, -0.1) is 11.3 Å². The molecule has 0 aliphatic heterocycles. The molecule has 1 rings (SSSR count). The fourth-order valence-electron chi connectivity index (χ4n) is 1.17. The SMILES string of the molecule is CCc1cnc(C(C)NC(C)C#N)s1. The molecule has 2 unspecified atom stereocenters. The number of rotatable bonds is 4. The Hall–Kier alpha value is -0.920. The van der Waals surface area contributed by atoms with Crippen LogP contribution in [0.2, 0.25) is 0 Å². The largest absolute Gasteiger partial charge is 0.293 e. The third kappa shape index (κ3) is 2.79. The Labute approximate surface area is 88.8 Å². The van der Waals surface area contributed by atoms with E-state index in [4.69, 9.17) is 5.26 Å². The predicted octanol–water partition coefficient (Wildman–Crippen LogP) is 2.27. The minimum Gasteiger partial charge on any atom is -0.293 e. The number of hydrogen-bond donors (Lipinski definition) is 1. The summed E-state index contributed by atoms with van der Waals surface area (Å²) >= 11 is 1.71. The van der Waals surface area contributed by atoms with Crippen LogP contribution < -0.4 is 5.32 Å². The normalized spacial score (nSPS) is 14.7. The molecule has 0 aliphatic rings. The Bertz CT molecular complexity index is 326. The van der Waals surface area contributed by atoms with Crippen molar-refractivity contribution in [3.8, 4) is 6.07 Å². The van der Waals surface area contributed by atoms with Crippen LogP contribution in [0.1, 0.15) is 36.7 Å². The second kappa shape index (κ2) is 5.08. The lowest BCUT2D eigenvalue weighted by atomic mass is 10.3. The van der Waals surface area contributed by atoms with E-state index in [2.05, 4.69) is 23.3 Å². The van der Waals surface area contributed by atoms with Crippen molar-refractivity contribution in [1.82, 2.24) is 10.3 Å². The van der Waals surface area contributed by atoms with Crippen LogP contribution in [0.4, 0.5) is 0 Å². The van der Waals surface area contributed by atoms with Crippen molar-refractivity contribution in [2.45, 2.75) is 39.3 Å². The second-order valence-corrected chi connectivity index (χ2v) is 4.40. The smallest absolute Gasteiger partial charge is 0.109 e. The molecular formula is C10H15N3S. The fourth-order valence-corrected chi connectivity index (χ4v) is 2.04. The van der Waals surface area contributed by atoms with Gasteiger partial charge < -0.3 is 0 Å². The van der Waals surface area contributed by atoms with Crippen LogP contribution >= 0.6 is 11.3 Å². The summed E-state index contributed by atoms with van der Waals surface area (Å²) in [5.74, 6) is 0. The highest BCUT2D eigenvalue weighted by molar-refractivity contribution is 7.11. The molecule has 0 aliphatic carbocycles. The Morgan fingerprint density at radius 1 is 1.64 bits per heavy atom. The summed E-state index contributed by atoms with van der Waals surface area (Å²) < 4.78 is 0. The molecule has 0 saturated heterocycles. The third-order valence-electron chi connectivity index (χ3n) is 1.98. The molecule has 0 fully saturated rings. The summed E-state index contributed by atoms with van der Waals surface area (Å²) in [5.41, 5.74) is 0. The van der Waals surface area contributed by atoms with Crippen molar-refractivity contribution < 1.29 is 0 Å². The van der Waals surface area contributed by atoms with E-state index in [0.717, 1.165) is 11.4 Å². The summed E-state index contributed by atoms with van der Waals surface area (Å²) in [5, 5.41) is 12.9. The van der Waals surface area contributed by atoms with Gasteiger partial charge in [0.15, 0.2) is 0 Å². The van der Waals surface area contributed by atoms with Crippen molar-refractivity contribution in [2.75, 3.05) is 0 Å². The number of hydrogen-bond acceptors (Lipinski definition) is 4. The molecule has 1 aromatic rings. The topological polar surface area (TPSA) is 48.7 Å². The standard InChI is InChI=1S/C10H15N3S/c1-4-9-6-12-10(14-9)8(3)13-7(2)5-11/h6-8,13H,4H2,1-3H3. The van der Waals surface area contributed by atoms with Gasteiger partial charge in [-0.1, -0.05) is 6.92 Å². The zero-order chi connectivity index (χ0) is 10.6. The van der Waals surface area contributed by atoms with Gasteiger partial charge in [0.05, 0.1) is 18.2 Å². The number of thiazole rings is 1. The molecule has 4 heteroatoms. The molecule has 0 spiro atoms. The predicted molar refractivity (Wildman–Crippen MR) is 58.1 cm³/mol. The highest BCUT2D eigenvalue weighted by Gasteiger charge is 2.11. The molecule has 3 nitrogen and oxygen atoms in total. The van der Waals surface area contributed by atoms with Crippen LogP contribution in [-0.2, 0) is 6.42 Å². The van der Waals surface area contributed by atoms with Crippen LogP contribution in [-0.4, -0.2) is 11.0 Å². The summed E-state index contributed by atoms with van der Waals surface area (Å²) in [6, 6.07) is 2.19. The van der Waals surface area contributed by atoms with E-state index in [1.807, 2.05) is 20.0 Å². The first kappa shape index (κ1) is 11.2. The van der Waals surface area contributed by atoms with E-state index < -0.39 is 0 Å². The number of nitrogens with zero attached hydrogens (tertiary/aromatic N) is 2. The molecule has 1 aromatic heterocycles. The summed E-state index contributed by atoms with van der Waals surface area (Å²) in [7, 11) is 0. The molecule has 0 saturated carbocycles. The average molecular weight is 209 g/mol. The molecule has 0 amide bonds. The van der Waals surface area contributed by atoms with Crippen LogP contribution in [0.15, 0.2) is 6.20 Å². The summed E-state index contributed by atoms with van der Waals surface area (Å²) in [4.78, 5) is 5.61. The van der Waals surface area contributed by atoms with Gasteiger partial charge in [0.1, 0.15) is 5.01 Å². The maximum absolute atomic E-state index is 8.65. The first-order valence-corrected chi connectivity index (χ1v) is 5.59. The molecule has 14 heavy (non-hydrogen) atoms. The van der Waals surface area contributed by atoms with E-state index in [9.17, 15) is 0 Å². The second-order valence-electron chi connectivity index (χ2n) is 3.26. The van der Waals surface area contributed by atoms with E-state index in [1.54, 1.807) is 11.3 Å². The molecule has 0 radical (unpaired) electrons. The van der Waals surface area contributed by atoms with Gasteiger partial charge in [-0.05, 0) is 20.3 Å². The first-order valence-electron chi connectivity index (χ1n) is 4.77. The molecule has 0 aromatic carbocycles. The van der Waals surface area contributed by atoms with Gasteiger partial charge in [0.2, 0.25) is 0 Å². The van der Waals surface area contributed by atoms with Crippen molar-refractivity contribution in [2.24, 2.45) is 0 Å². The quantitative estimate of drug-likeness (QED) is 0.827. The number of aromatic nitrogens is 1. The molecule has 1 N–H and O–H groups in total. The fraction of sp³-hybridized carbons (Fsp3) is 0.600. The number of aryl methyl sites for hydroxylation is 1. The van der Waals surface area contributed by atoms with E-state index in [1.165, 1.54) is 4.88 Å². The maximum Gasteiger partial charge on any atom is 0.109 e. The van der Waals surface area contributed by atoms with Crippen LogP contribution in [0, 0.1) is 11.3 Å². The van der Waals surface area contributed by atoms with E-state index >= 15 is 0 Å². The molecule has 1 heterocycles.